The molecule has 0 saturated heterocycles. The highest BCUT2D eigenvalue weighted by atomic mass is 127. The molecule has 0 aliphatic rings. The lowest BCUT2D eigenvalue weighted by Gasteiger charge is -2.37. The first-order valence-electron chi connectivity index (χ1n) is 9.80. The molecule has 0 fully saturated rings. The molecule has 0 radical (unpaired) electrons. The lowest BCUT2D eigenvalue weighted by molar-refractivity contribution is 0.322. The van der Waals surface area contributed by atoms with Crippen molar-refractivity contribution >= 4 is 30.9 Å². The number of hydrogen-bond acceptors (Lipinski definition) is 4. The number of halogens is 1. The van der Waals surface area contributed by atoms with Gasteiger partial charge in [0.1, 0.15) is 5.75 Å². The largest absolute Gasteiger partial charge is 0.543 e. The minimum atomic E-state index is -1.90. The predicted molar refractivity (Wildman–Crippen MR) is 130 cm³/mol. The van der Waals surface area contributed by atoms with E-state index in [4.69, 9.17) is 18.6 Å². The first-order valence-corrected chi connectivity index (χ1v) is 13.8. The van der Waals surface area contributed by atoms with Crippen LogP contribution in [0.2, 0.25) is 18.1 Å². The number of hydrogen-bond donors (Lipinski definition) is 0. The second-order valence-electron chi connectivity index (χ2n) is 8.59. The maximum Gasteiger partial charge on any atom is 0.250 e. The Morgan fingerprint density at radius 3 is 1.97 bits per heavy atom. The van der Waals surface area contributed by atoms with Crippen LogP contribution < -0.4 is 18.6 Å². The van der Waals surface area contributed by atoms with E-state index < -0.39 is 8.32 Å². The van der Waals surface area contributed by atoms with Crippen molar-refractivity contribution in [3.63, 3.8) is 0 Å². The molecular weight excluding hydrogens is 495 g/mol. The van der Waals surface area contributed by atoms with Crippen LogP contribution in [0.1, 0.15) is 31.9 Å². The van der Waals surface area contributed by atoms with Gasteiger partial charge in [0.25, 0.3) is 0 Å². The second kappa shape index (κ2) is 9.60. The van der Waals surface area contributed by atoms with Crippen LogP contribution in [0.5, 0.6) is 23.0 Å². The summed E-state index contributed by atoms with van der Waals surface area (Å²) >= 11 is 2.32. The third kappa shape index (κ3) is 5.39. The van der Waals surface area contributed by atoms with Crippen LogP contribution in [-0.2, 0) is 12.8 Å². The molecular formula is C23H33IO4Si. The summed E-state index contributed by atoms with van der Waals surface area (Å²) in [5, 5.41) is 0.159. The van der Waals surface area contributed by atoms with Gasteiger partial charge in [-0.15, -0.1) is 0 Å². The number of rotatable bonds is 8. The quantitative estimate of drug-likeness (QED) is 0.290. The summed E-state index contributed by atoms with van der Waals surface area (Å²) in [5.74, 6) is 3.03. The molecule has 0 saturated carbocycles. The van der Waals surface area contributed by atoms with Gasteiger partial charge in [-0.05, 0) is 76.8 Å². The highest BCUT2D eigenvalue weighted by molar-refractivity contribution is 14.1. The monoisotopic (exact) mass is 528 g/mol. The summed E-state index contributed by atoms with van der Waals surface area (Å²) in [4.78, 5) is 0. The molecule has 160 valence electrons. The fourth-order valence-corrected chi connectivity index (χ4v) is 4.81. The van der Waals surface area contributed by atoms with E-state index in [1.165, 1.54) is 11.1 Å². The first kappa shape index (κ1) is 23.9. The Balaban J connectivity index is 2.32. The number of aryl methyl sites for hydroxylation is 2. The molecule has 2 aromatic rings. The highest BCUT2D eigenvalue weighted by Gasteiger charge is 2.39. The summed E-state index contributed by atoms with van der Waals surface area (Å²) in [7, 11) is 3.04. The maximum absolute atomic E-state index is 6.61. The third-order valence-electron chi connectivity index (χ3n) is 5.65. The summed E-state index contributed by atoms with van der Waals surface area (Å²) in [6.07, 6.45) is 1.73. The Morgan fingerprint density at radius 1 is 0.828 bits per heavy atom. The number of benzene rings is 2. The lowest BCUT2D eigenvalue weighted by atomic mass is 10.0. The molecule has 0 aromatic heterocycles. The zero-order chi connectivity index (χ0) is 21.8. The standard InChI is InChI=1S/C23H33IO4Si/c1-23(2,3)29(7,8)28-18-12-10-9-11-16(18)13-14-17-15-19(25-4)21(26-5)22(27-6)20(17)24/h9-12,15H,13-14H2,1-8H3. The zero-order valence-electron chi connectivity index (χ0n) is 18.8. The molecule has 2 rings (SSSR count). The average Bonchev–Trinajstić information content (AvgIpc) is 2.66. The fourth-order valence-electron chi connectivity index (χ4n) is 2.86. The van der Waals surface area contributed by atoms with E-state index in [0.29, 0.717) is 17.2 Å². The van der Waals surface area contributed by atoms with Crippen molar-refractivity contribution in [3.05, 3.63) is 45.0 Å². The smallest absolute Gasteiger partial charge is 0.250 e. The lowest BCUT2D eigenvalue weighted by Crippen LogP contribution is -2.44. The van der Waals surface area contributed by atoms with Crippen molar-refractivity contribution in [3.8, 4) is 23.0 Å². The second-order valence-corrected chi connectivity index (χ2v) is 14.4. The van der Waals surface area contributed by atoms with Crippen LogP contribution in [0.4, 0.5) is 0 Å². The van der Waals surface area contributed by atoms with Crippen molar-refractivity contribution in [1.29, 1.82) is 0 Å². The molecule has 0 heterocycles. The van der Waals surface area contributed by atoms with Gasteiger partial charge >= 0.3 is 0 Å². The minimum absolute atomic E-state index is 0.159. The molecule has 2 aromatic carbocycles. The van der Waals surface area contributed by atoms with Gasteiger partial charge in [0.05, 0.1) is 24.9 Å². The van der Waals surface area contributed by atoms with E-state index in [1.54, 1.807) is 21.3 Å². The van der Waals surface area contributed by atoms with Crippen LogP contribution in [0.3, 0.4) is 0 Å². The number of ether oxygens (including phenoxy) is 3. The molecule has 0 aliphatic carbocycles. The van der Waals surface area contributed by atoms with Gasteiger partial charge in [0, 0.05) is 0 Å². The Bertz CT molecular complexity index is 844. The molecule has 0 unspecified atom stereocenters. The Hall–Kier alpha value is -1.41. The molecule has 0 atom stereocenters. The molecule has 0 amide bonds. The first-order chi connectivity index (χ1) is 13.6. The molecule has 0 aliphatic heterocycles. The predicted octanol–water partition coefficient (Wildman–Crippen LogP) is 6.49. The van der Waals surface area contributed by atoms with Crippen LogP contribution >= 0.6 is 22.6 Å². The average molecular weight is 529 g/mol. The Kier molecular flexibility index (Phi) is 7.90. The van der Waals surface area contributed by atoms with E-state index in [0.717, 1.165) is 22.2 Å². The van der Waals surface area contributed by atoms with Gasteiger partial charge in [-0.1, -0.05) is 39.0 Å². The maximum atomic E-state index is 6.61. The zero-order valence-corrected chi connectivity index (χ0v) is 22.0. The topological polar surface area (TPSA) is 36.9 Å². The summed E-state index contributed by atoms with van der Waals surface area (Å²) in [5.41, 5.74) is 2.39. The molecule has 0 spiro atoms. The number of para-hydroxylation sites is 1. The van der Waals surface area contributed by atoms with Crippen molar-refractivity contribution < 1.29 is 18.6 Å². The van der Waals surface area contributed by atoms with Crippen LogP contribution in [0.15, 0.2) is 30.3 Å². The van der Waals surface area contributed by atoms with Crippen molar-refractivity contribution in [2.45, 2.75) is 51.7 Å². The molecule has 0 bridgehead atoms. The van der Waals surface area contributed by atoms with Gasteiger partial charge < -0.3 is 18.6 Å². The fraction of sp³-hybridized carbons (Fsp3) is 0.478. The van der Waals surface area contributed by atoms with Gasteiger partial charge in [-0.3, -0.25) is 0 Å². The van der Waals surface area contributed by atoms with Crippen molar-refractivity contribution in [2.75, 3.05) is 21.3 Å². The van der Waals surface area contributed by atoms with E-state index >= 15 is 0 Å². The Morgan fingerprint density at radius 2 is 1.41 bits per heavy atom. The minimum Gasteiger partial charge on any atom is -0.543 e. The van der Waals surface area contributed by atoms with Crippen LogP contribution in [-0.4, -0.2) is 29.6 Å². The van der Waals surface area contributed by atoms with Gasteiger partial charge in [0.15, 0.2) is 11.5 Å². The Labute approximate surface area is 190 Å². The molecule has 6 heteroatoms. The van der Waals surface area contributed by atoms with Crippen LogP contribution in [0.25, 0.3) is 0 Å². The molecule has 0 N–H and O–H groups in total. The van der Waals surface area contributed by atoms with Crippen molar-refractivity contribution in [2.24, 2.45) is 0 Å². The summed E-state index contributed by atoms with van der Waals surface area (Å²) in [6.45, 7) is 11.4. The molecule has 4 nitrogen and oxygen atoms in total. The summed E-state index contributed by atoms with van der Waals surface area (Å²) < 4.78 is 24.3. The SMILES string of the molecule is COc1cc(CCc2ccccc2O[Si](C)(C)C(C)(C)C)c(I)c(OC)c1OC. The van der Waals surface area contributed by atoms with Crippen molar-refractivity contribution in [1.82, 2.24) is 0 Å². The van der Waals surface area contributed by atoms with Gasteiger partial charge in [0.2, 0.25) is 14.1 Å². The van der Waals surface area contributed by atoms with E-state index in [2.05, 4.69) is 80.7 Å². The van der Waals surface area contributed by atoms with Crippen LogP contribution in [0, 0.1) is 3.57 Å². The van der Waals surface area contributed by atoms with E-state index in [-0.39, 0.29) is 5.04 Å². The number of methoxy groups -OCH3 is 3. The van der Waals surface area contributed by atoms with Gasteiger partial charge in [-0.2, -0.15) is 0 Å². The van der Waals surface area contributed by atoms with Gasteiger partial charge in [-0.25, -0.2) is 0 Å². The normalized spacial score (nSPS) is 11.9. The van der Waals surface area contributed by atoms with E-state index in [1.807, 2.05) is 6.07 Å². The molecule has 29 heavy (non-hydrogen) atoms. The van der Waals surface area contributed by atoms with E-state index in [9.17, 15) is 0 Å². The summed E-state index contributed by atoms with van der Waals surface area (Å²) in [6, 6.07) is 10.4. The third-order valence-corrected chi connectivity index (χ3v) is 11.2. The highest BCUT2D eigenvalue weighted by Crippen LogP contribution is 2.43.